The number of rotatable bonds is 2. The highest BCUT2D eigenvalue weighted by Gasteiger charge is 2.41. The minimum atomic E-state index is -0.165. The molecule has 1 unspecified atom stereocenters. The Morgan fingerprint density at radius 2 is 1.67 bits per heavy atom. The highest BCUT2D eigenvalue weighted by molar-refractivity contribution is 6.11. The van der Waals surface area contributed by atoms with Gasteiger partial charge in [0.25, 0.3) is 0 Å². The molecule has 0 saturated heterocycles. The number of carbonyl (C=O) groups excluding carboxylic acids is 2. The van der Waals surface area contributed by atoms with Crippen LogP contribution in [0.3, 0.4) is 0 Å². The van der Waals surface area contributed by atoms with Crippen molar-refractivity contribution in [2.24, 2.45) is 5.73 Å². The van der Waals surface area contributed by atoms with Crippen LogP contribution in [-0.4, -0.2) is 24.4 Å². The van der Waals surface area contributed by atoms with Gasteiger partial charge in [0.15, 0.2) is 0 Å². The lowest BCUT2D eigenvalue weighted by Gasteiger charge is -2.09. The van der Waals surface area contributed by atoms with E-state index in [1.165, 1.54) is 0 Å². The Balaban J connectivity index is 2.37. The van der Waals surface area contributed by atoms with Gasteiger partial charge in [-0.05, 0) is 19.1 Å². The lowest BCUT2D eigenvalue weighted by molar-refractivity contribution is -0.721. The second kappa shape index (κ2) is 3.56. The summed E-state index contributed by atoms with van der Waals surface area (Å²) in [7, 11) is 0. The highest BCUT2D eigenvalue weighted by atomic mass is 16.2. The third-order valence-electron chi connectivity index (χ3n) is 2.49. The number of quaternary nitrogens is 1. The maximum absolute atomic E-state index is 11.8. The molecule has 1 aliphatic rings. The molecule has 0 bridgehead atoms. The third kappa shape index (κ3) is 1.58. The molecule has 1 heterocycles. The molecule has 2 amide bonds. The molecule has 0 spiro atoms. The van der Waals surface area contributed by atoms with Crippen LogP contribution in [0.1, 0.15) is 27.6 Å². The highest BCUT2D eigenvalue weighted by Crippen LogP contribution is 2.10. The van der Waals surface area contributed by atoms with E-state index in [4.69, 9.17) is 5.73 Å². The van der Waals surface area contributed by atoms with E-state index in [0.29, 0.717) is 22.6 Å². The number of hydrogen-bond acceptors (Lipinski definition) is 3. The van der Waals surface area contributed by atoms with Gasteiger partial charge in [0.2, 0.25) is 0 Å². The summed E-state index contributed by atoms with van der Waals surface area (Å²) < 4.78 is 0. The molecule has 4 heteroatoms. The predicted octanol–water partition coefficient (Wildman–Crippen LogP) is -0.787. The van der Waals surface area contributed by atoms with Crippen molar-refractivity contribution in [2.45, 2.75) is 13.0 Å². The summed E-state index contributed by atoms with van der Waals surface area (Å²) in [6, 6.07) is 6.73. The first kappa shape index (κ1) is 10.0. The molecule has 3 N–H and O–H groups in total. The van der Waals surface area contributed by atoms with E-state index >= 15 is 0 Å². The van der Waals surface area contributed by atoms with Crippen molar-refractivity contribution in [2.75, 3.05) is 6.54 Å². The number of amides is 2. The van der Waals surface area contributed by atoms with E-state index in [1.54, 1.807) is 31.2 Å². The molecule has 1 aromatic carbocycles. The van der Waals surface area contributed by atoms with Gasteiger partial charge in [0, 0.05) is 0 Å². The molecule has 1 aliphatic heterocycles. The van der Waals surface area contributed by atoms with Gasteiger partial charge in [-0.2, -0.15) is 4.90 Å². The number of nitrogens with two attached hydrogens (primary N) is 1. The van der Waals surface area contributed by atoms with Crippen LogP contribution in [0.5, 0.6) is 0 Å². The zero-order valence-electron chi connectivity index (χ0n) is 8.49. The standard InChI is InChI=1S/C11H12N2O2/c1-7(12)6-13-10(14)8-4-2-3-5-9(8)11(13)15/h2-5,7H,6,12H2,1H3/p+1. The number of nitrogens with one attached hydrogen (secondary N) is 1. The van der Waals surface area contributed by atoms with Gasteiger partial charge in [0.05, 0.1) is 17.2 Å². The molecule has 78 valence electrons. The van der Waals surface area contributed by atoms with E-state index < -0.39 is 0 Å². The maximum Gasteiger partial charge on any atom is 0.352 e. The zero-order valence-corrected chi connectivity index (χ0v) is 8.49. The number of fused-ring (bicyclic) bond motifs is 1. The fourth-order valence-corrected chi connectivity index (χ4v) is 1.81. The van der Waals surface area contributed by atoms with Crippen LogP contribution in [0, 0.1) is 0 Å². The van der Waals surface area contributed by atoms with Crippen LogP contribution >= 0.6 is 0 Å². The van der Waals surface area contributed by atoms with Gasteiger partial charge in [-0.1, -0.05) is 12.1 Å². The van der Waals surface area contributed by atoms with Crippen molar-refractivity contribution < 1.29 is 14.5 Å². The molecule has 4 nitrogen and oxygen atoms in total. The fourth-order valence-electron chi connectivity index (χ4n) is 1.81. The van der Waals surface area contributed by atoms with E-state index in [9.17, 15) is 9.59 Å². The SMILES string of the molecule is CC(N)C[NH+]1C(=O)c2ccccc2C1=O. The predicted molar refractivity (Wildman–Crippen MR) is 54.6 cm³/mol. The summed E-state index contributed by atoms with van der Waals surface area (Å²) in [6.07, 6.45) is 0. The lowest BCUT2D eigenvalue weighted by Crippen LogP contribution is -3.16. The van der Waals surface area contributed by atoms with Crippen LogP contribution in [0.15, 0.2) is 24.3 Å². The summed E-state index contributed by atoms with van der Waals surface area (Å²) in [4.78, 5) is 24.0. The third-order valence-corrected chi connectivity index (χ3v) is 2.49. The van der Waals surface area contributed by atoms with Gasteiger partial charge < -0.3 is 5.73 Å². The van der Waals surface area contributed by atoms with E-state index in [2.05, 4.69) is 0 Å². The maximum atomic E-state index is 11.8. The van der Waals surface area contributed by atoms with Crippen molar-refractivity contribution in [1.29, 1.82) is 0 Å². The van der Waals surface area contributed by atoms with Gasteiger partial charge in [-0.15, -0.1) is 0 Å². The van der Waals surface area contributed by atoms with Crippen molar-refractivity contribution in [3.05, 3.63) is 35.4 Å². The summed E-state index contributed by atoms with van der Waals surface area (Å²) in [5, 5.41) is 0. The number of imide groups is 1. The minimum Gasteiger partial charge on any atom is -0.323 e. The number of hydrogen-bond donors (Lipinski definition) is 2. The van der Waals surface area contributed by atoms with Crippen molar-refractivity contribution in [3.8, 4) is 0 Å². The summed E-state index contributed by atoms with van der Waals surface area (Å²) in [5.41, 5.74) is 6.63. The monoisotopic (exact) mass is 205 g/mol. The number of carbonyl (C=O) groups is 2. The zero-order chi connectivity index (χ0) is 11.0. The smallest absolute Gasteiger partial charge is 0.323 e. The van der Waals surface area contributed by atoms with Crippen LogP contribution in [0.2, 0.25) is 0 Å². The Morgan fingerprint density at radius 1 is 1.20 bits per heavy atom. The van der Waals surface area contributed by atoms with E-state index in [0.717, 1.165) is 0 Å². The van der Waals surface area contributed by atoms with Crippen molar-refractivity contribution >= 4 is 11.8 Å². The van der Waals surface area contributed by atoms with Crippen LogP contribution in [0.4, 0.5) is 0 Å². The quantitative estimate of drug-likeness (QED) is 0.622. The molecule has 0 aromatic heterocycles. The van der Waals surface area contributed by atoms with E-state index in [1.807, 2.05) is 0 Å². The second-order valence-electron chi connectivity index (χ2n) is 3.86. The molecule has 0 radical (unpaired) electrons. The molecule has 15 heavy (non-hydrogen) atoms. The molecule has 2 rings (SSSR count). The normalized spacial score (nSPS) is 18.0. The average molecular weight is 205 g/mol. The van der Waals surface area contributed by atoms with Crippen LogP contribution in [-0.2, 0) is 0 Å². The van der Waals surface area contributed by atoms with Crippen LogP contribution < -0.4 is 10.6 Å². The Hall–Kier alpha value is -1.52. The van der Waals surface area contributed by atoms with Crippen molar-refractivity contribution in [1.82, 2.24) is 0 Å². The summed E-state index contributed by atoms with van der Waals surface area (Å²) >= 11 is 0. The summed E-state index contributed by atoms with van der Waals surface area (Å²) in [6.45, 7) is 2.14. The van der Waals surface area contributed by atoms with Gasteiger partial charge in [0.1, 0.15) is 6.54 Å². The first-order valence-electron chi connectivity index (χ1n) is 4.91. The van der Waals surface area contributed by atoms with Crippen molar-refractivity contribution in [3.63, 3.8) is 0 Å². The molecular formula is C11H13N2O2+. The Kier molecular flexibility index (Phi) is 2.38. The first-order chi connectivity index (χ1) is 7.11. The Morgan fingerprint density at radius 3 is 2.07 bits per heavy atom. The molecule has 0 fully saturated rings. The van der Waals surface area contributed by atoms with Crippen LogP contribution in [0.25, 0.3) is 0 Å². The Bertz CT molecular complexity index is 391. The molecule has 1 atom stereocenters. The minimum absolute atomic E-state index is 0.159. The molecule has 0 aliphatic carbocycles. The second-order valence-corrected chi connectivity index (χ2v) is 3.86. The largest absolute Gasteiger partial charge is 0.352 e. The fraction of sp³-hybridized carbons (Fsp3) is 0.273. The Labute approximate surface area is 87.7 Å². The lowest BCUT2D eigenvalue weighted by atomic mass is 10.1. The summed E-state index contributed by atoms with van der Waals surface area (Å²) in [5.74, 6) is -0.319. The average Bonchev–Trinajstić information content (AvgIpc) is 2.44. The molecule has 0 saturated carbocycles. The molecule has 1 aromatic rings. The molecular weight excluding hydrogens is 192 g/mol. The van der Waals surface area contributed by atoms with Gasteiger partial charge >= 0.3 is 11.8 Å². The topological polar surface area (TPSA) is 64.6 Å². The van der Waals surface area contributed by atoms with Gasteiger partial charge in [-0.25, -0.2) is 9.59 Å². The van der Waals surface area contributed by atoms with Gasteiger partial charge in [-0.3, -0.25) is 0 Å². The van der Waals surface area contributed by atoms with E-state index in [-0.39, 0.29) is 17.9 Å². The number of benzene rings is 1. The first-order valence-corrected chi connectivity index (χ1v) is 4.91.